The average molecular weight is 242 g/mol. The Labute approximate surface area is 84.5 Å². The maximum Gasteiger partial charge on any atom is 0.340 e. The highest BCUT2D eigenvalue weighted by molar-refractivity contribution is 9.06. The minimum Gasteiger partial charge on any atom is -0.382 e. The molecule has 1 heterocycles. The Kier molecular flexibility index (Phi) is 2.22. The van der Waals surface area contributed by atoms with Gasteiger partial charge in [-0.1, -0.05) is 18.2 Å². The van der Waals surface area contributed by atoms with Crippen LogP contribution in [0.1, 0.15) is 5.56 Å². The third kappa shape index (κ3) is 1.54. The second-order valence-corrected chi connectivity index (χ2v) is 3.28. The molecule has 1 aliphatic rings. The summed E-state index contributed by atoms with van der Waals surface area (Å²) in [6.45, 7) is 0. The van der Waals surface area contributed by atoms with Crippen LogP contribution in [0.15, 0.2) is 24.3 Å². The number of fused-ring (bicyclic) bond motifs is 1. The van der Waals surface area contributed by atoms with Crippen LogP contribution in [0.3, 0.4) is 0 Å². The number of hydrogen-bond donors (Lipinski definition) is 1. The molecule has 0 radical (unpaired) electrons. The van der Waals surface area contributed by atoms with E-state index < -0.39 is 0 Å². The number of rotatable bonds is 1. The molecule has 1 aliphatic heterocycles. The molecule has 0 fully saturated rings. The van der Waals surface area contributed by atoms with Crippen molar-refractivity contribution >= 4 is 27.9 Å². The SMILES string of the molecule is O=C(OBr)C1Cc2ccccc2N1. The fourth-order valence-electron chi connectivity index (χ4n) is 1.49. The van der Waals surface area contributed by atoms with Crippen molar-refractivity contribution in [3.8, 4) is 0 Å². The molecular formula is C9H8BrNO2. The normalized spacial score (nSPS) is 19.0. The van der Waals surface area contributed by atoms with Gasteiger partial charge in [-0.25, -0.2) is 4.79 Å². The highest BCUT2D eigenvalue weighted by atomic mass is 79.9. The maximum atomic E-state index is 11.2. The maximum absolute atomic E-state index is 11.2. The molecule has 0 spiro atoms. The summed E-state index contributed by atoms with van der Waals surface area (Å²) in [6, 6.07) is 7.60. The zero-order chi connectivity index (χ0) is 9.26. The molecule has 1 N–H and O–H groups in total. The Morgan fingerprint density at radius 2 is 2.31 bits per heavy atom. The first-order valence-electron chi connectivity index (χ1n) is 3.98. The average Bonchev–Trinajstić information content (AvgIpc) is 2.59. The van der Waals surface area contributed by atoms with E-state index in [1.54, 1.807) is 0 Å². The Morgan fingerprint density at radius 1 is 1.54 bits per heavy atom. The second-order valence-electron chi connectivity index (χ2n) is 2.95. The number of halogens is 1. The summed E-state index contributed by atoms with van der Waals surface area (Å²) in [4.78, 5) is 11.2. The van der Waals surface area contributed by atoms with Crippen LogP contribution in [-0.4, -0.2) is 12.0 Å². The quantitative estimate of drug-likeness (QED) is 0.816. The minimum atomic E-state index is -0.281. The molecule has 1 atom stereocenters. The topological polar surface area (TPSA) is 38.3 Å². The Bertz CT molecular complexity index is 315. The smallest absolute Gasteiger partial charge is 0.340 e. The number of nitrogens with one attached hydrogen (secondary N) is 1. The molecular weight excluding hydrogens is 234 g/mol. The summed E-state index contributed by atoms with van der Waals surface area (Å²) in [6.07, 6.45) is 0.695. The molecule has 0 bridgehead atoms. The van der Waals surface area contributed by atoms with Gasteiger partial charge in [0.25, 0.3) is 0 Å². The van der Waals surface area contributed by atoms with Gasteiger partial charge in [0.1, 0.15) is 6.04 Å². The largest absolute Gasteiger partial charge is 0.382 e. The van der Waals surface area contributed by atoms with Gasteiger partial charge in [0, 0.05) is 12.1 Å². The van der Waals surface area contributed by atoms with Crippen molar-refractivity contribution in [2.45, 2.75) is 12.5 Å². The Hall–Kier alpha value is -1.03. The summed E-state index contributed by atoms with van der Waals surface area (Å²) in [5.74, 6) is -0.281. The van der Waals surface area contributed by atoms with E-state index >= 15 is 0 Å². The lowest BCUT2D eigenvalue weighted by molar-refractivity contribution is -0.133. The van der Waals surface area contributed by atoms with Crippen molar-refractivity contribution in [1.82, 2.24) is 0 Å². The van der Waals surface area contributed by atoms with E-state index in [1.807, 2.05) is 24.3 Å². The molecule has 13 heavy (non-hydrogen) atoms. The monoisotopic (exact) mass is 241 g/mol. The highest BCUT2D eigenvalue weighted by Crippen LogP contribution is 2.25. The summed E-state index contributed by atoms with van der Waals surface area (Å²) in [5, 5.41) is 3.08. The van der Waals surface area contributed by atoms with E-state index in [-0.39, 0.29) is 12.0 Å². The zero-order valence-electron chi connectivity index (χ0n) is 6.79. The van der Waals surface area contributed by atoms with Gasteiger partial charge in [0.2, 0.25) is 0 Å². The number of benzene rings is 1. The molecule has 2 rings (SSSR count). The van der Waals surface area contributed by atoms with Crippen molar-refractivity contribution < 1.29 is 8.62 Å². The third-order valence-corrected chi connectivity index (χ3v) is 2.45. The van der Waals surface area contributed by atoms with E-state index in [9.17, 15) is 4.79 Å². The van der Waals surface area contributed by atoms with Gasteiger partial charge < -0.3 is 9.15 Å². The van der Waals surface area contributed by atoms with Crippen molar-refractivity contribution in [2.24, 2.45) is 0 Å². The van der Waals surface area contributed by atoms with E-state index in [1.165, 1.54) is 0 Å². The van der Waals surface area contributed by atoms with E-state index in [4.69, 9.17) is 0 Å². The highest BCUT2D eigenvalue weighted by Gasteiger charge is 2.27. The molecule has 68 valence electrons. The first-order chi connectivity index (χ1) is 6.31. The van der Waals surface area contributed by atoms with Crippen molar-refractivity contribution in [3.63, 3.8) is 0 Å². The molecule has 0 saturated heterocycles. The van der Waals surface area contributed by atoms with Crippen LogP contribution in [0.2, 0.25) is 0 Å². The Balaban J connectivity index is 2.18. The molecule has 0 saturated carbocycles. The van der Waals surface area contributed by atoms with Crippen LogP contribution in [0.25, 0.3) is 0 Å². The minimum absolute atomic E-state index is 0.253. The number of hydrogen-bond acceptors (Lipinski definition) is 3. The fourth-order valence-corrected chi connectivity index (χ4v) is 1.72. The van der Waals surface area contributed by atoms with E-state index in [2.05, 4.69) is 25.4 Å². The molecule has 0 aromatic heterocycles. The first kappa shape index (κ1) is 8.56. The lowest BCUT2D eigenvalue weighted by atomic mass is 10.1. The van der Waals surface area contributed by atoms with E-state index in [0.29, 0.717) is 6.42 Å². The van der Waals surface area contributed by atoms with Gasteiger partial charge >= 0.3 is 5.97 Å². The van der Waals surface area contributed by atoms with Gasteiger partial charge in [-0.05, 0) is 11.6 Å². The molecule has 1 aromatic carbocycles. The van der Waals surface area contributed by atoms with Gasteiger partial charge in [0.05, 0.1) is 0 Å². The predicted octanol–water partition coefficient (Wildman–Crippen LogP) is 1.88. The number of carbonyl (C=O) groups is 1. The van der Waals surface area contributed by atoms with Crippen LogP contribution in [0, 0.1) is 0 Å². The van der Waals surface area contributed by atoms with Crippen LogP contribution in [0.4, 0.5) is 5.69 Å². The summed E-state index contributed by atoms with van der Waals surface area (Å²) in [7, 11) is 0. The molecule has 1 unspecified atom stereocenters. The zero-order valence-corrected chi connectivity index (χ0v) is 8.37. The fraction of sp³-hybridized carbons (Fsp3) is 0.222. The summed E-state index contributed by atoms with van der Waals surface area (Å²) in [5.41, 5.74) is 2.18. The van der Waals surface area contributed by atoms with Gasteiger partial charge in [-0.15, -0.1) is 0 Å². The molecule has 0 amide bonds. The summed E-state index contributed by atoms with van der Waals surface area (Å²) < 4.78 is 4.48. The number of carbonyl (C=O) groups excluding carboxylic acids is 1. The van der Waals surface area contributed by atoms with Crippen LogP contribution in [0.5, 0.6) is 0 Å². The predicted molar refractivity (Wildman–Crippen MR) is 52.6 cm³/mol. The van der Waals surface area contributed by atoms with Crippen LogP contribution >= 0.6 is 16.3 Å². The first-order valence-corrected chi connectivity index (χ1v) is 4.63. The lowest BCUT2D eigenvalue weighted by Crippen LogP contribution is -2.26. The standard InChI is InChI=1S/C9H8BrNO2/c10-13-9(12)8-5-6-3-1-2-4-7(6)11-8/h1-4,8,11H,5H2. The molecule has 3 nitrogen and oxygen atoms in total. The van der Waals surface area contributed by atoms with E-state index in [0.717, 1.165) is 11.3 Å². The summed E-state index contributed by atoms with van der Waals surface area (Å²) >= 11 is 2.68. The van der Waals surface area contributed by atoms with Crippen molar-refractivity contribution in [3.05, 3.63) is 29.8 Å². The van der Waals surface area contributed by atoms with Crippen molar-refractivity contribution in [2.75, 3.05) is 5.32 Å². The molecule has 0 aliphatic carbocycles. The number of anilines is 1. The van der Waals surface area contributed by atoms with Gasteiger partial charge in [0.15, 0.2) is 16.3 Å². The van der Waals surface area contributed by atoms with Gasteiger partial charge in [-0.2, -0.15) is 0 Å². The van der Waals surface area contributed by atoms with Crippen LogP contribution in [-0.2, 0) is 15.0 Å². The third-order valence-electron chi connectivity index (χ3n) is 2.13. The molecule has 4 heteroatoms. The molecule has 1 aromatic rings. The lowest BCUT2D eigenvalue weighted by Gasteiger charge is -2.05. The number of para-hydroxylation sites is 1. The van der Waals surface area contributed by atoms with Gasteiger partial charge in [-0.3, -0.25) is 0 Å². The Morgan fingerprint density at radius 3 is 3.00 bits per heavy atom. The second kappa shape index (κ2) is 3.38. The van der Waals surface area contributed by atoms with Crippen LogP contribution < -0.4 is 5.32 Å². The van der Waals surface area contributed by atoms with Crippen molar-refractivity contribution in [1.29, 1.82) is 0 Å².